The molecule has 15 heteroatoms. The number of carbonyl (C=O) groups is 4. The van der Waals surface area contributed by atoms with E-state index >= 15 is 0 Å². The molecule has 1 spiro atoms. The quantitative estimate of drug-likeness (QED) is 0.206. The first-order chi connectivity index (χ1) is 28.6. The monoisotopic (exact) mass is 815 g/mol. The van der Waals surface area contributed by atoms with Crippen LogP contribution >= 0.6 is 11.8 Å². The van der Waals surface area contributed by atoms with E-state index in [1.165, 1.54) is 11.8 Å². The van der Waals surface area contributed by atoms with Crippen molar-refractivity contribution in [3.05, 3.63) is 101 Å². The fourth-order valence-electron chi connectivity index (χ4n) is 9.13. The Balaban J connectivity index is 0.753. The molecule has 59 heavy (non-hydrogen) atoms. The summed E-state index contributed by atoms with van der Waals surface area (Å²) < 4.78 is 5.88. The lowest BCUT2D eigenvalue weighted by atomic mass is 9.73. The number of benzene rings is 3. The van der Waals surface area contributed by atoms with Crippen molar-refractivity contribution in [2.24, 2.45) is 11.1 Å². The lowest BCUT2D eigenvalue weighted by molar-refractivity contribution is -0.136. The molecule has 5 aliphatic rings. The van der Waals surface area contributed by atoms with Crippen LogP contribution in [-0.4, -0.2) is 107 Å². The van der Waals surface area contributed by atoms with E-state index in [-0.39, 0.29) is 41.7 Å². The molecule has 9 rings (SSSR count). The van der Waals surface area contributed by atoms with Crippen LogP contribution in [0.1, 0.15) is 64.4 Å². The molecule has 3 atom stereocenters. The van der Waals surface area contributed by atoms with Gasteiger partial charge in [0.25, 0.3) is 11.8 Å². The van der Waals surface area contributed by atoms with Gasteiger partial charge in [-0.2, -0.15) is 0 Å². The van der Waals surface area contributed by atoms with Crippen LogP contribution in [0.25, 0.3) is 0 Å². The molecule has 4 N–H and O–H groups in total. The van der Waals surface area contributed by atoms with Gasteiger partial charge >= 0.3 is 0 Å². The molecule has 306 valence electrons. The predicted octanol–water partition coefficient (Wildman–Crippen LogP) is 4.30. The Bertz CT molecular complexity index is 2260. The molecule has 6 heterocycles. The van der Waals surface area contributed by atoms with Crippen molar-refractivity contribution >= 4 is 52.6 Å². The van der Waals surface area contributed by atoms with Gasteiger partial charge in [0.2, 0.25) is 11.8 Å². The SMILES string of the molecule is C[C@@H]1OCC2(CCN(c3cnc(Sc4cccc(NC(=O)c5cccc(CN6CCN(c7ccc8c(c7)CN(C7CCC(=O)NC7=O)C8=O)CC6)c5)c4)cn3)CC2)[C@@H]1N. The lowest BCUT2D eigenvalue weighted by Crippen LogP contribution is -2.52. The number of anilines is 3. The van der Waals surface area contributed by atoms with Crippen LogP contribution in [0.15, 0.2) is 89.0 Å². The summed E-state index contributed by atoms with van der Waals surface area (Å²) in [6.07, 6.45) is 6.31. The van der Waals surface area contributed by atoms with E-state index in [1.54, 1.807) is 4.90 Å². The number of nitrogens with zero attached hydrogens (tertiary/aromatic N) is 6. The van der Waals surface area contributed by atoms with Gasteiger partial charge in [0, 0.05) is 97.6 Å². The Kier molecular flexibility index (Phi) is 10.9. The molecule has 4 fully saturated rings. The Morgan fingerprint density at radius 1 is 0.949 bits per heavy atom. The minimum absolute atomic E-state index is 0.0615. The summed E-state index contributed by atoms with van der Waals surface area (Å²) in [6.45, 7) is 8.97. The summed E-state index contributed by atoms with van der Waals surface area (Å²) in [7, 11) is 0. The first-order valence-corrected chi connectivity index (χ1v) is 21.3. The van der Waals surface area contributed by atoms with Crippen LogP contribution in [0.2, 0.25) is 0 Å². The Morgan fingerprint density at radius 3 is 2.51 bits per heavy atom. The number of piperazine rings is 1. The number of hydrogen-bond donors (Lipinski definition) is 3. The van der Waals surface area contributed by atoms with Crippen LogP contribution < -0.4 is 26.2 Å². The molecule has 0 bridgehead atoms. The Hall–Kier alpha value is -5.35. The van der Waals surface area contributed by atoms with Gasteiger partial charge in [-0.05, 0) is 85.8 Å². The number of nitrogens with one attached hydrogen (secondary N) is 2. The van der Waals surface area contributed by atoms with Crippen molar-refractivity contribution in [2.45, 2.75) is 73.8 Å². The maximum atomic E-state index is 13.4. The minimum atomic E-state index is -0.623. The maximum absolute atomic E-state index is 13.4. The first-order valence-electron chi connectivity index (χ1n) is 20.5. The number of piperidine rings is 2. The summed E-state index contributed by atoms with van der Waals surface area (Å²) in [4.78, 5) is 69.6. The van der Waals surface area contributed by atoms with Crippen LogP contribution in [0.5, 0.6) is 0 Å². The molecule has 3 aromatic carbocycles. The van der Waals surface area contributed by atoms with E-state index in [1.807, 2.05) is 67.0 Å². The maximum Gasteiger partial charge on any atom is 0.255 e. The zero-order chi connectivity index (χ0) is 40.7. The predicted molar refractivity (Wildman–Crippen MR) is 224 cm³/mol. The molecular formula is C44H49N9O5S. The van der Waals surface area contributed by atoms with Gasteiger partial charge in [0.05, 0.1) is 25.1 Å². The van der Waals surface area contributed by atoms with Gasteiger partial charge in [0.15, 0.2) is 0 Å². The number of carbonyl (C=O) groups excluding carboxylic acids is 4. The summed E-state index contributed by atoms with van der Waals surface area (Å²) in [6, 6.07) is 20.9. The molecule has 1 aromatic heterocycles. The number of amides is 4. The second kappa shape index (κ2) is 16.4. The number of imide groups is 1. The largest absolute Gasteiger partial charge is 0.376 e. The number of nitrogens with two attached hydrogens (primary N) is 1. The molecule has 0 radical (unpaired) electrons. The van der Waals surface area contributed by atoms with Crippen molar-refractivity contribution in [3.63, 3.8) is 0 Å². The number of fused-ring (bicyclic) bond motifs is 1. The fraction of sp³-hybridized carbons (Fsp3) is 0.409. The first kappa shape index (κ1) is 39.1. The fourth-order valence-corrected chi connectivity index (χ4v) is 9.92. The second-order valence-electron chi connectivity index (χ2n) is 16.4. The second-order valence-corrected chi connectivity index (χ2v) is 17.5. The van der Waals surface area contributed by atoms with Gasteiger partial charge in [-0.25, -0.2) is 9.97 Å². The normalized spacial score (nSPS) is 23.1. The topological polar surface area (TPSA) is 166 Å². The van der Waals surface area contributed by atoms with Crippen molar-refractivity contribution in [1.29, 1.82) is 0 Å². The molecule has 4 amide bonds. The number of aromatic nitrogens is 2. The van der Waals surface area contributed by atoms with E-state index in [0.717, 1.165) is 97.8 Å². The van der Waals surface area contributed by atoms with Gasteiger partial charge < -0.3 is 30.5 Å². The molecule has 1 unspecified atom stereocenters. The third-order valence-electron chi connectivity index (χ3n) is 12.7. The average molecular weight is 816 g/mol. The third kappa shape index (κ3) is 8.16. The summed E-state index contributed by atoms with van der Waals surface area (Å²) in [5.74, 6) is -0.156. The Morgan fingerprint density at radius 2 is 1.76 bits per heavy atom. The summed E-state index contributed by atoms with van der Waals surface area (Å²) in [5, 5.41) is 6.22. The average Bonchev–Trinajstić information content (AvgIpc) is 3.72. The molecule has 0 saturated carbocycles. The highest BCUT2D eigenvalue weighted by Gasteiger charge is 2.47. The van der Waals surface area contributed by atoms with Crippen LogP contribution in [0.3, 0.4) is 0 Å². The van der Waals surface area contributed by atoms with E-state index in [0.29, 0.717) is 29.8 Å². The lowest BCUT2D eigenvalue weighted by Gasteiger charge is -2.41. The van der Waals surface area contributed by atoms with Crippen molar-refractivity contribution in [2.75, 3.05) is 61.0 Å². The summed E-state index contributed by atoms with van der Waals surface area (Å²) in [5.41, 5.74) is 11.5. The van der Waals surface area contributed by atoms with E-state index < -0.39 is 11.9 Å². The highest BCUT2D eigenvalue weighted by atomic mass is 32.2. The standard InChI is InChI=1S/C44H49N9O5S/c1-28-40(45)44(27-58-28)12-14-52(15-13-44)37-23-47-39(24-46-37)59-34-7-3-6-32(22-34)48-41(55)30-5-2-4-29(20-30)25-50-16-18-51(19-17-50)33-8-9-35-31(21-33)26-53(43(35)57)36-10-11-38(54)49-42(36)56/h2-9,20-24,28,36,40H,10-19,25-27,45H2,1H3,(H,48,55)(H,49,54,56)/t28-,36?,40+/m0/s1. The minimum Gasteiger partial charge on any atom is -0.376 e. The number of rotatable bonds is 9. The highest BCUT2D eigenvalue weighted by Crippen LogP contribution is 2.42. The number of ether oxygens (including phenoxy) is 1. The van der Waals surface area contributed by atoms with Crippen LogP contribution in [-0.2, 0) is 27.4 Å². The van der Waals surface area contributed by atoms with Crippen molar-refractivity contribution < 1.29 is 23.9 Å². The number of hydrogen-bond acceptors (Lipinski definition) is 12. The molecule has 5 aliphatic heterocycles. The highest BCUT2D eigenvalue weighted by molar-refractivity contribution is 7.99. The van der Waals surface area contributed by atoms with Gasteiger partial charge in [-0.1, -0.05) is 30.0 Å². The molecule has 4 aromatic rings. The molecular weight excluding hydrogens is 767 g/mol. The van der Waals surface area contributed by atoms with Gasteiger partial charge in [0.1, 0.15) is 16.9 Å². The zero-order valence-electron chi connectivity index (χ0n) is 33.1. The van der Waals surface area contributed by atoms with Gasteiger partial charge in [-0.3, -0.25) is 29.4 Å². The van der Waals surface area contributed by atoms with E-state index in [4.69, 9.17) is 20.4 Å². The van der Waals surface area contributed by atoms with Crippen LogP contribution in [0.4, 0.5) is 17.2 Å². The molecule has 0 aliphatic carbocycles. The zero-order valence-corrected chi connectivity index (χ0v) is 34.0. The van der Waals surface area contributed by atoms with E-state index in [2.05, 4.69) is 44.4 Å². The Labute approximate surface area is 347 Å². The van der Waals surface area contributed by atoms with Gasteiger partial charge in [-0.15, -0.1) is 0 Å². The van der Waals surface area contributed by atoms with Crippen molar-refractivity contribution in [3.8, 4) is 0 Å². The smallest absolute Gasteiger partial charge is 0.255 e. The third-order valence-corrected chi connectivity index (χ3v) is 13.6. The van der Waals surface area contributed by atoms with Crippen molar-refractivity contribution in [1.82, 2.24) is 25.1 Å². The summed E-state index contributed by atoms with van der Waals surface area (Å²) >= 11 is 1.50. The van der Waals surface area contributed by atoms with Crippen LogP contribution in [0, 0.1) is 5.41 Å². The molecule has 14 nitrogen and oxygen atoms in total. The molecule has 4 saturated heterocycles. The van der Waals surface area contributed by atoms with E-state index in [9.17, 15) is 19.2 Å².